The Morgan fingerprint density at radius 3 is 2.70 bits per heavy atom. The predicted molar refractivity (Wildman–Crippen MR) is 79.3 cm³/mol. The molecule has 0 spiro atoms. The maximum Gasteiger partial charge on any atom is 0.328 e. The number of esters is 1. The highest BCUT2D eigenvalue weighted by Gasteiger charge is 2.22. The van der Waals surface area contributed by atoms with Gasteiger partial charge in [0.05, 0.1) is 7.11 Å². The van der Waals surface area contributed by atoms with Gasteiger partial charge in [-0.1, -0.05) is 27.2 Å². The van der Waals surface area contributed by atoms with Gasteiger partial charge in [0, 0.05) is 5.56 Å². The molecule has 1 unspecified atom stereocenters. The third kappa shape index (κ3) is 4.36. The largest absolute Gasteiger partial charge is 0.467 e. The quantitative estimate of drug-likeness (QED) is 0.743. The van der Waals surface area contributed by atoms with Crippen LogP contribution in [0.1, 0.15) is 39.2 Å². The van der Waals surface area contributed by atoms with Gasteiger partial charge in [-0.15, -0.1) is 0 Å². The second kappa shape index (κ2) is 7.67. The van der Waals surface area contributed by atoms with E-state index in [1.807, 2.05) is 0 Å². The van der Waals surface area contributed by atoms with Crippen LogP contribution in [0.3, 0.4) is 0 Å². The van der Waals surface area contributed by atoms with Gasteiger partial charge in [-0.2, -0.15) is 0 Å². The molecule has 3 N–H and O–H groups in total. The Kier molecular flexibility index (Phi) is 6.21. The summed E-state index contributed by atoms with van der Waals surface area (Å²) in [5.41, 5.74) is 6.74. The minimum atomic E-state index is -0.426. The average molecular weight is 280 g/mol. The Morgan fingerprint density at radius 1 is 1.45 bits per heavy atom. The maximum atomic E-state index is 11.8. The van der Waals surface area contributed by atoms with Crippen LogP contribution in [0, 0.1) is 5.92 Å². The van der Waals surface area contributed by atoms with Gasteiger partial charge in [0.1, 0.15) is 24.0 Å². The van der Waals surface area contributed by atoms with E-state index < -0.39 is 6.04 Å². The van der Waals surface area contributed by atoms with Gasteiger partial charge in [0.2, 0.25) is 0 Å². The maximum absolute atomic E-state index is 11.8. The van der Waals surface area contributed by atoms with Crippen LogP contribution in [0.25, 0.3) is 0 Å². The second-order valence-corrected chi connectivity index (χ2v) is 5.19. The van der Waals surface area contributed by atoms with Gasteiger partial charge in [0.15, 0.2) is 0 Å². The first-order valence-electron chi connectivity index (χ1n) is 6.93. The summed E-state index contributed by atoms with van der Waals surface area (Å²) in [6.45, 7) is 6.17. The number of methoxy groups -OCH3 is 1. The van der Waals surface area contributed by atoms with Crippen LogP contribution in [0.4, 0.5) is 11.6 Å². The van der Waals surface area contributed by atoms with Crippen molar-refractivity contribution in [1.82, 2.24) is 9.97 Å². The van der Waals surface area contributed by atoms with Crippen LogP contribution >= 0.6 is 0 Å². The molecular formula is C14H24N4O2. The summed E-state index contributed by atoms with van der Waals surface area (Å²) in [6, 6.07) is -0.426. The number of anilines is 2. The number of carbonyl (C=O) groups is 1. The summed E-state index contributed by atoms with van der Waals surface area (Å²) < 4.78 is 4.84. The van der Waals surface area contributed by atoms with Crippen molar-refractivity contribution in [3.8, 4) is 0 Å². The molecule has 1 aromatic heterocycles. The summed E-state index contributed by atoms with van der Waals surface area (Å²) in [7, 11) is 1.39. The topological polar surface area (TPSA) is 90.1 Å². The van der Waals surface area contributed by atoms with Crippen molar-refractivity contribution in [1.29, 1.82) is 0 Å². The van der Waals surface area contributed by atoms with Crippen molar-refractivity contribution < 1.29 is 9.53 Å². The van der Waals surface area contributed by atoms with Gasteiger partial charge in [-0.3, -0.25) is 0 Å². The number of ether oxygens (including phenoxy) is 1. The lowest BCUT2D eigenvalue weighted by Crippen LogP contribution is -2.33. The number of carbonyl (C=O) groups excluding carboxylic acids is 1. The highest BCUT2D eigenvalue weighted by molar-refractivity contribution is 5.79. The molecule has 20 heavy (non-hydrogen) atoms. The molecule has 112 valence electrons. The zero-order chi connectivity index (χ0) is 15.1. The van der Waals surface area contributed by atoms with E-state index in [2.05, 4.69) is 36.1 Å². The van der Waals surface area contributed by atoms with Crippen LogP contribution in [-0.4, -0.2) is 29.1 Å². The first kappa shape index (κ1) is 16.2. The van der Waals surface area contributed by atoms with Gasteiger partial charge < -0.3 is 15.8 Å². The highest BCUT2D eigenvalue weighted by Crippen LogP contribution is 2.21. The van der Waals surface area contributed by atoms with Gasteiger partial charge in [0.25, 0.3) is 0 Å². The minimum absolute atomic E-state index is 0.293. The normalized spacial score (nSPS) is 12.2. The lowest BCUT2D eigenvalue weighted by atomic mass is 10.0. The molecule has 0 amide bonds. The van der Waals surface area contributed by atoms with Crippen molar-refractivity contribution in [3.63, 3.8) is 0 Å². The third-order valence-corrected chi connectivity index (χ3v) is 2.98. The molecule has 6 heteroatoms. The molecule has 0 aliphatic carbocycles. The molecule has 0 saturated carbocycles. The van der Waals surface area contributed by atoms with Gasteiger partial charge in [-0.25, -0.2) is 14.8 Å². The summed E-state index contributed by atoms with van der Waals surface area (Å²) in [5.74, 6) is 1.15. The monoisotopic (exact) mass is 280 g/mol. The second-order valence-electron chi connectivity index (χ2n) is 5.19. The van der Waals surface area contributed by atoms with E-state index in [0.717, 1.165) is 18.4 Å². The van der Waals surface area contributed by atoms with E-state index in [4.69, 9.17) is 10.5 Å². The molecule has 0 aliphatic rings. The Labute approximate surface area is 120 Å². The Hall–Kier alpha value is -1.85. The summed E-state index contributed by atoms with van der Waals surface area (Å²) >= 11 is 0. The van der Waals surface area contributed by atoms with Crippen LogP contribution < -0.4 is 11.1 Å². The summed E-state index contributed by atoms with van der Waals surface area (Å²) in [4.78, 5) is 20.1. The number of nitrogens with one attached hydrogen (secondary N) is 1. The molecule has 1 atom stereocenters. The molecule has 1 heterocycles. The predicted octanol–water partition coefficient (Wildman–Crippen LogP) is 2.01. The van der Waals surface area contributed by atoms with Crippen molar-refractivity contribution >= 4 is 17.6 Å². The first-order chi connectivity index (χ1) is 9.49. The molecular weight excluding hydrogens is 256 g/mol. The number of nitrogens with zero attached hydrogens (tertiary/aromatic N) is 2. The molecule has 1 aromatic rings. The van der Waals surface area contributed by atoms with Crippen LogP contribution in [0.15, 0.2) is 6.33 Å². The number of nitrogens with two attached hydrogens (primary N) is 1. The van der Waals surface area contributed by atoms with E-state index in [1.54, 1.807) is 0 Å². The minimum Gasteiger partial charge on any atom is -0.467 e. The smallest absolute Gasteiger partial charge is 0.328 e. The summed E-state index contributed by atoms with van der Waals surface area (Å²) in [5, 5.41) is 3.15. The molecule has 0 fully saturated rings. The number of nitrogen functional groups attached to an aromatic ring is 1. The fourth-order valence-electron chi connectivity index (χ4n) is 2.04. The zero-order valence-corrected chi connectivity index (χ0v) is 12.6. The lowest BCUT2D eigenvalue weighted by Gasteiger charge is -2.20. The van der Waals surface area contributed by atoms with E-state index in [-0.39, 0.29) is 5.97 Å². The Morgan fingerprint density at radius 2 is 2.15 bits per heavy atom. The number of aromatic nitrogens is 2. The SMILES string of the molecule is CCCc1c(N)ncnc1NC(CC(C)C)C(=O)OC. The van der Waals surface area contributed by atoms with E-state index in [0.29, 0.717) is 24.0 Å². The van der Waals surface area contributed by atoms with Crippen molar-refractivity contribution in [2.24, 2.45) is 5.92 Å². The lowest BCUT2D eigenvalue weighted by molar-refractivity contribution is -0.141. The van der Waals surface area contributed by atoms with Crippen LogP contribution in [-0.2, 0) is 16.0 Å². The fraction of sp³-hybridized carbons (Fsp3) is 0.643. The van der Waals surface area contributed by atoms with Crippen molar-refractivity contribution in [2.75, 3.05) is 18.2 Å². The Bertz CT molecular complexity index is 449. The molecule has 0 aromatic carbocycles. The molecule has 6 nitrogen and oxygen atoms in total. The number of rotatable bonds is 7. The van der Waals surface area contributed by atoms with Crippen LogP contribution in [0.2, 0.25) is 0 Å². The number of hydrogen-bond acceptors (Lipinski definition) is 6. The Balaban J connectivity index is 2.98. The van der Waals surface area contributed by atoms with Crippen molar-refractivity contribution in [2.45, 2.75) is 46.1 Å². The standard InChI is InChI=1S/C14H24N4O2/c1-5-6-10-12(15)16-8-17-13(10)18-11(7-9(2)3)14(19)20-4/h8-9,11H,5-7H2,1-4H3,(H3,15,16,17,18). The van der Waals surface area contributed by atoms with Crippen LogP contribution in [0.5, 0.6) is 0 Å². The fourth-order valence-corrected chi connectivity index (χ4v) is 2.04. The average Bonchev–Trinajstić information content (AvgIpc) is 2.40. The zero-order valence-electron chi connectivity index (χ0n) is 12.6. The first-order valence-corrected chi connectivity index (χ1v) is 6.93. The molecule has 0 aliphatic heterocycles. The molecule has 0 saturated heterocycles. The molecule has 0 radical (unpaired) electrons. The third-order valence-electron chi connectivity index (χ3n) is 2.98. The summed E-state index contributed by atoms with van der Waals surface area (Å²) in [6.07, 6.45) is 3.77. The molecule has 0 bridgehead atoms. The van der Waals surface area contributed by atoms with E-state index in [1.165, 1.54) is 13.4 Å². The highest BCUT2D eigenvalue weighted by atomic mass is 16.5. The molecule has 1 rings (SSSR count). The number of hydrogen-bond donors (Lipinski definition) is 2. The van der Waals surface area contributed by atoms with Gasteiger partial charge >= 0.3 is 5.97 Å². The van der Waals surface area contributed by atoms with E-state index in [9.17, 15) is 4.79 Å². The van der Waals surface area contributed by atoms with E-state index >= 15 is 0 Å². The van der Waals surface area contributed by atoms with Crippen molar-refractivity contribution in [3.05, 3.63) is 11.9 Å². The van der Waals surface area contributed by atoms with Gasteiger partial charge in [-0.05, 0) is 18.8 Å².